The Morgan fingerprint density at radius 2 is 2.05 bits per heavy atom. The van der Waals surface area contributed by atoms with Gasteiger partial charge in [0.15, 0.2) is 0 Å². The number of Topliss-reactive ketones (excluding diaryl/α,β-unsaturated/α-hetero) is 1. The maximum Gasteiger partial charge on any atom is 0.410 e. The highest BCUT2D eigenvalue weighted by molar-refractivity contribution is 5.82. The van der Waals surface area contributed by atoms with Crippen LogP contribution in [0.3, 0.4) is 0 Å². The van der Waals surface area contributed by atoms with Crippen LogP contribution in [0.4, 0.5) is 4.79 Å². The Hall–Kier alpha value is -1.10. The van der Waals surface area contributed by atoms with E-state index in [1.165, 1.54) is 0 Å². The van der Waals surface area contributed by atoms with Gasteiger partial charge in [-0.2, -0.15) is 0 Å². The standard InChI is InChI=1S/C17H29NO4/c1-17(2,3)22-16(20)18-10-9-13(12-18)15(19)8-4-6-14-7-5-11-21-14/h13-14H,4-12H2,1-3H3. The normalized spacial score (nSPS) is 25.5. The first-order valence-corrected chi connectivity index (χ1v) is 8.47. The summed E-state index contributed by atoms with van der Waals surface area (Å²) in [6, 6.07) is 0. The number of amides is 1. The Morgan fingerprint density at radius 1 is 1.27 bits per heavy atom. The van der Waals surface area contributed by atoms with Crippen LogP contribution < -0.4 is 0 Å². The third kappa shape index (κ3) is 5.27. The minimum Gasteiger partial charge on any atom is -0.444 e. The molecule has 0 aromatic carbocycles. The Bertz CT molecular complexity index is 396. The van der Waals surface area contributed by atoms with E-state index in [1.807, 2.05) is 20.8 Å². The van der Waals surface area contributed by atoms with Gasteiger partial charge < -0.3 is 14.4 Å². The van der Waals surface area contributed by atoms with E-state index in [2.05, 4.69) is 0 Å². The van der Waals surface area contributed by atoms with Crippen LogP contribution in [0.15, 0.2) is 0 Å². The van der Waals surface area contributed by atoms with Crippen molar-refractivity contribution in [1.29, 1.82) is 0 Å². The summed E-state index contributed by atoms with van der Waals surface area (Å²) in [6.07, 6.45) is 5.57. The van der Waals surface area contributed by atoms with Crippen LogP contribution in [0.5, 0.6) is 0 Å². The SMILES string of the molecule is CC(C)(C)OC(=O)N1CCC(C(=O)CCCC2CCCO2)C1. The summed E-state index contributed by atoms with van der Waals surface area (Å²) in [5, 5.41) is 0. The van der Waals surface area contributed by atoms with Crippen molar-refractivity contribution in [3.05, 3.63) is 0 Å². The van der Waals surface area contributed by atoms with Crippen molar-refractivity contribution >= 4 is 11.9 Å². The van der Waals surface area contributed by atoms with E-state index in [0.717, 1.165) is 38.7 Å². The number of nitrogens with zero attached hydrogens (tertiary/aromatic N) is 1. The number of likely N-dealkylation sites (tertiary alicyclic amines) is 1. The molecular formula is C17H29NO4. The van der Waals surface area contributed by atoms with Gasteiger partial charge in [0.25, 0.3) is 0 Å². The second kappa shape index (κ2) is 7.44. The van der Waals surface area contributed by atoms with Crippen LogP contribution in [0, 0.1) is 5.92 Å². The fourth-order valence-corrected chi connectivity index (χ4v) is 3.10. The van der Waals surface area contributed by atoms with Gasteiger partial charge >= 0.3 is 6.09 Å². The van der Waals surface area contributed by atoms with Gasteiger partial charge in [0.05, 0.1) is 6.10 Å². The van der Waals surface area contributed by atoms with Gasteiger partial charge in [0.1, 0.15) is 11.4 Å². The molecule has 0 aromatic rings. The number of ketones is 1. The zero-order chi connectivity index (χ0) is 16.2. The maximum atomic E-state index is 12.3. The van der Waals surface area contributed by atoms with Gasteiger partial charge in [-0.25, -0.2) is 4.79 Å². The summed E-state index contributed by atoms with van der Waals surface area (Å²) in [5.41, 5.74) is -0.486. The number of hydrogen-bond acceptors (Lipinski definition) is 4. The third-order valence-electron chi connectivity index (χ3n) is 4.27. The first-order chi connectivity index (χ1) is 10.3. The third-order valence-corrected chi connectivity index (χ3v) is 4.27. The minimum absolute atomic E-state index is 0.0167. The molecule has 2 rings (SSSR count). The predicted octanol–water partition coefficient (Wildman–Crippen LogP) is 3.16. The summed E-state index contributed by atoms with van der Waals surface area (Å²) < 4.78 is 10.9. The molecule has 5 nitrogen and oxygen atoms in total. The average molecular weight is 311 g/mol. The molecule has 1 amide bonds. The second-order valence-corrected chi connectivity index (χ2v) is 7.41. The molecule has 2 saturated heterocycles. The van der Waals surface area contributed by atoms with Crippen LogP contribution in [0.2, 0.25) is 0 Å². The summed E-state index contributed by atoms with van der Waals surface area (Å²) in [5.74, 6) is 0.265. The van der Waals surface area contributed by atoms with E-state index in [1.54, 1.807) is 4.90 Å². The Balaban J connectivity index is 1.68. The largest absolute Gasteiger partial charge is 0.444 e. The topological polar surface area (TPSA) is 55.8 Å². The van der Waals surface area contributed by atoms with Gasteiger partial charge in [-0.1, -0.05) is 0 Å². The van der Waals surface area contributed by atoms with E-state index in [9.17, 15) is 9.59 Å². The highest BCUT2D eigenvalue weighted by atomic mass is 16.6. The van der Waals surface area contributed by atoms with Crippen LogP contribution in [-0.2, 0) is 14.3 Å². The lowest BCUT2D eigenvalue weighted by Gasteiger charge is -2.24. The molecule has 2 heterocycles. The lowest BCUT2D eigenvalue weighted by atomic mass is 9.97. The molecule has 0 aromatic heterocycles. The zero-order valence-electron chi connectivity index (χ0n) is 14.1. The van der Waals surface area contributed by atoms with Crippen molar-refractivity contribution in [2.24, 2.45) is 5.92 Å². The molecule has 0 N–H and O–H groups in total. The van der Waals surface area contributed by atoms with E-state index >= 15 is 0 Å². The van der Waals surface area contributed by atoms with E-state index < -0.39 is 5.60 Å². The number of rotatable bonds is 5. The number of carbonyl (C=O) groups is 2. The number of carbonyl (C=O) groups excluding carboxylic acids is 2. The molecule has 0 radical (unpaired) electrons. The predicted molar refractivity (Wildman–Crippen MR) is 83.7 cm³/mol. The molecule has 0 bridgehead atoms. The van der Waals surface area contributed by atoms with Crippen LogP contribution >= 0.6 is 0 Å². The molecular weight excluding hydrogens is 282 g/mol. The summed E-state index contributed by atoms with van der Waals surface area (Å²) in [7, 11) is 0. The van der Waals surface area contributed by atoms with E-state index in [-0.39, 0.29) is 17.8 Å². The molecule has 0 saturated carbocycles. The fourth-order valence-electron chi connectivity index (χ4n) is 3.10. The van der Waals surface area contributed by atoms with Crippen molar-refractivity contribution in [2.75, 3.05) is 19.7 Å². The lowest BCUT2D eigenvalue weighted by Crippen LogP contribution is -2.35. The molecule has 2 aliphatic heterocycles. The maximum absolute atomic E-state index is 12.3. The Labute approximate surface area is 133 Å². The van der Waals surface area contributed by atoms with Gasteiger partial charge in [0.2, 0.25) is 0 Å². The lowest BCUT2D eigenvalue weighted by molar-refractivity contribution is -0.122. The summed E-state index contributed by atoms with van der Waals surface area (Å²) in [4.78, 5) is 25.9. The fraction of sp³-hybridized carbons (Fsp3) is 0.882. The van der Waals surface area contributed by atoms with Crippen LogP contribution in [0.1, 0.15) is 59.3 Å². The van der Waals surface area contributed by atoms with Crippen molar-refractivity contribution in [3.63, 3.8) is 0 Å². The van der Waals surface area contributed by atoms with Gasteiger partial charge in [-0.3, -0.25) is 4.79 Å². The van der Waals surface area contributed by atoms with E-state index in [0.29, 0.717) is 25.6 Å². The van der Waals surface area contributed by atoms with Crippen LogP contribution in [0.25, 0.3) is 0 Å². The highest BCUT2D eigenvalue weighted by Gasteiger charge is 2.33. The molecule has 2 unspecified atom stereocenters. The molecule has 0 spiro atoms. The highest BCUT2D eigenvalue weighted by Crippen LogP contribution is 2.23. The molecule has 2 fully saturated rings. The van der Waals surface area contributed by atoms with Crippen molar-refractivity contribution in [2.45, 2.75) is 71.0 Å². The smallest absolute Gasteiger partial charge is 0.410 e. The van der Waals surface area contributed by atoms with Crippen molar-refractivity contribution in [1.82, 2.24) is 4.90 Å². The monoisotopic (exact) mass is 311 g/mol. The van der Waals surface area contributed by atoms with Crippen molar-refractivity contribution in [3.8, 4) is 0 Å². The Kier molecular flexibility index (Phi) is 5.84. The average Bonchev–Trinajstić information content (AvgIpc) is 3.08. The van der Waals surface area contributed by atoms with Crippen LogP contribution in [-0.4, -0.2) is 48.2 Å². The zero-order valence-corrected chi connectivity index (χ0v) is 14.1. The van der Waals surface area contributed by atoms with E-state index in [4.69, 9.17) is 9.47 Å². The minimum atomic E-state index is -0.486. The molecule has 2 aliphatic rings. The molecule has 126 valence electrons. The molecule has 2 atom stereocenters. The number of ether oxygens (including phenoxy) is 2. The summed E-state index contributed by atoms with van der Waals surface area (Å²) in [6.45, 7) is 7.56. The van der Waals surface area contributed by atoms with Gasteiger partial charge in [-0.05, 0) is 52.9 Å². The second-order valence-electron chi connectivity index (χ2n) is 7.41. The molecule has 22 heavy (non-hydrogen) atoms. The van der Waals surface area contributed by atoms with Gasteiger partial charge in [-0.15, -0.1) is 0 Å². The number of hydrogen-bond donors (Lipinski definition) is 0. The first-order valence-electron chi connectivity index (χ1n) is 8.47. The van der Waals surface area contributed by atoms with Gasteiger partial charge in [0, 0.05) is 32.0 Å². The first kappa shape index (κ1) is 17.3. The van der Waals surface area contributed by atoms with Crippen molar-refractivity contribution < 1.29 is 19.1 Å². The molecule has 5 heteroatoms. The quantitative estimate of drug-likeness (QED) is 0.782. The molecule has 0 aliphatic carbocycles. The Morgan fingerprint density at radius 3 is 2.68 bits per heavy atom. The summed E-state index contributed by atoms with van der Waals surface area (Å²) >= 11 is 0.